The normalized spacial score (nSPS) is 17.5. The van der Waals surface area contributed by atoms with Gasteiger partial charge in [-0.1, -0.05) is 48.5 Å². The Bertz CT molecular complexity index is 1110. The number of para-hydroxylation sites is 4. The summed E-state index contributed by atoms with van der Waals surface area (Å²) in [6.45, 7) is 0. The Morgan fingerprint density at radius 2 is 0.633 bits per heavy atom. The van der Waals surface area contributed by atoms with E-state index in [9.17, 15) is 9.13 Å². The number of anilines is 4. The maximum Gasteiger partial charge on any atom is 0.135 e. The summed E-state index contributed by atoms with van der Waals surface area (Å²) in [4.78, 5) is 0. The van der Waals surface area contributed by atoms with Gasteiger partial charge in [-0.15, -0.1) is 0 Å². The van der Waals surface area contributed by atoms with E-state index in [0.717, 1.165) is 44.0 Å². The smallest absolute Gasteiger partial charge is 0.135 e. The number of fused-ring (bicyclic) bond motifs is 4. The van der Waals surface area contributed by atoms with Crippen molar-refractivity contribution in [3.05, 3.63) is 97.1 Å². The van der Waals surface area contributed by atoms with Crippen molar-refractivity contribution in [1.82, 2.24) is 0 Å². The van der Waals surface area contributed by atoms with Gasteiger partial charge in [0, 0.05) is 44.0 Å². The lowest BCUT2D eigenvalue weighted by molar-refractivity contribution is 0.597. The van der Waals surface area contributed by atoms with Crippen molar-refractivity contribution in [1.29, 1.82) is 0 Å². The quantitative estimate of drug-likeness (QED) is 0.355. The molecule has 0 aliphatic carbocycles. The molecule has 2 N–H and O–H groups in total. The van der Waals surface area contributed by atoms with Gasteiger partial charge in [-0.25, -0.2) is 0 Å². The second kappa shape index (κ2) is 7.99. The maximum absolute atomic E-state index is 13.7. The predicted molar refractivity (Wildman–Crippen MR) is 129 cm³/mol. The SMILES string of the molecule is O=[PH]1c2ccccc2Nc2ccccc2[PH](=O)c2ccccc2Nc2ccccc21. The summed E-state index contributed by atoms with van der Waals surface area (Å²) in [5.74, 6) is 0. The summed E-state index contributed by atoms with van der Waals surface area (Å²) in [5.41, 5.74) is 3.08. The van der Waals surface area contributed by atoms with E-state index in [1.165, 1.54) is 0 Å². The van der Waals surface area contributed by atoms with E-state index in [1.54, 1.807) is 0 Å². The standard InChI is InChI=1S/C24H20N2O2P2/c27-29-21-13-5-1-9-17(21)25-18-10-2-6-14-22(18)30(28)24-16-8-4-12-20(24)26-19-11-3-7-15-23(19)29/h1-16,25-26,29-30H. The monoisotopic (exact) mass is 430 g/mol. The van der Waals surface area contributed by atoms with E-state index < -0.39 is 15.6 Å². The van der Waals surface area contributed by atoms with E-state index in [-0.39, 0.29) is 0 Å². The minimum Gasteiger partial charge on any atom is -0.354 e. The first-order valence-corrected chi connectivity index (χ1v) is 12.5. The molecule has 1 heterocycles. The Labute approximate surface area is 176 Å². The maximum atomic E-state index is 13.7. The molecule has 5 rings (SSSR count). The molecule has 4 aromatic carbocycles. The van der Waals surface area contributed by atoms with Crippen LogP contribution in [0.5, 0.6) is 0 Å². The van der Waals surface area contributed by atoms with Gasteiger partial charge >= 0.3 is 0 Å². The third kappa shape index (κ3) is 3.39. The molecule has 0 saturated heterocycles. The third-order valence-electron chi connectivity index (χ3n) is 5.23. The molecule has 0 atom stereocenters. The molecular weight excluding hydrogens is 410 g/mol. The number of hydrogen-bond donors (Lipinski definition) is 2. The molecule has 148 valence electrons. The summed E-state index contributed by atoms with van der Waals surface area (Å²) in [5, 5.41) is 9.82. The first-order valence-electron chi connectivity index (χ1n) is 9.72. The van der Waals surface area contributed by atoms with Crippen molar-refractivity contribution in [3.8, 4) is 0 Å². The highest BCUT2D eigenvalue weighted by Gasteiger charge is 2.20. The molecule has 0 unspecified atom stereocenters. The minimum absolute atomic E-state index is 0.750. The molecular formula is C24H20N2O2P2. The van der Waals surface area contributed by atoms with Crippen LogP contribution >= 0.6 is 15.6 Å². The Morgan fingerprint density at radius 1 is 0.400 bits per heavy atom. The summed E-state index contributed by atoms with van der Waals surface area (Å²) < 4.78 is 27.4. The Hall–Kier alpha value is -3.06. The molecule has 1 aliphatic rings. The highest BCUT2D eigenvalue weighted by molar-refractivity contribution is 7.62. The molecule has 0 radical (unpaired) electrons. The van der Waals surface area contributed by atoms with Crippen LogP contribution in [0.2, 0.25) is 0 Å². The molecule has 0 saturated carbocycles. The van der Waals surface area contributed by atoms with Crippen molar-refractivity contribution in [2.45, 2.75) is 0 Å². The van der Waals surface area contributed by atoms with Crippen LogP contribution in [0.4, 0.5) is 22.7 Å². The van der Waals surface area contributed by atoms with Gasteiger partial charge < -0.3 is 19.8 Å². The molecule has 4 aromatic rings. The molecule has 1 aliphatic heterocycles. The van der Waals surface area contributed by atoms with Crippen LogP contribution in [-0.2, 0) is 9.13 Å². The molecule has 0 amide bonds. The van der Waals surface area contributed by atoms with Crippen molar-refractivity contribution in [2.75, 3.05) is 10.6 Å². The summed E-state index contributed by atoms with van der Waals surface area (Å²) in [6.07, 6.45) is 0. The van der Waals surface area contributed by atoms with Crippen LogP contribution in [0.15, 0.2) is 97.1 Å². The second-order valence-electron chi connectivity index (χ2n) is 7.09. The van der Waals surface area contributed by atoms with Crippen molar-refractivity contribution in [2.24, 2.45) is 0 Å². The van der Waals surface area contributed by atoms with Crippen molar-refractivity contribution >= 4 is 59.6 Å². The van der Waals surface area contributed by atoms with Gasteiger partial charge in [0.1, 0.15) is 15.6 Å². The number of rotatable bonds is 0. The van der Waals surface area contributed by atoms with Gasteiger partial charge in [0.25, 0.3) is 0 Å². The van der Waals surface area contributed by atoms with Crippen LogP contribution < -0.4 is 31.9 Å². The van der Waals surface area contributed by atoms with Crippen LogP contribution in [0.25, 0.3) is 0 Å². The number of benzene rings is 4. The van der Waals surface area contributed by atoms with Gasteiger partial charge in [0.15, 0.2) is 0 Å². The Balaban J connectivity index is 1.79. The lowest BCUT2D eigenvalue weighted by Gasteiger charge is -2.20. The van der Waals surface area contributed by atoms with Crippen LogP contribution in [0.3, 0.4) is 0 Å². The van der Waals surface area contributed by atoms with Gasteiger partial charge in [-0.3, -0.25) is 0 Å². The molecule has 4 nitrogen and oxygen atoms in total. The summed E-state index contributed by atoms with van der Waals surface area (Å²) >= 11 is 0. The molecule has 0 bridgehead atoms. The highest BCUT2D eigenvalue weighted by atomic mass is 31.1. The highest BCUT2D eigenvalue weighted by Crippen LogP contribution is 2.34. The van der Waals surface area contributed by atoms with E-state index >= 15 is 0 Å². The molecule has 30 heavy (non-hydrogen) atoms. The fourth-order valence-electron chi connectivity index (χ4n) is 3.74. The largest absolute Gasteiger partial charge is 0.354 e. The van der Waals surface area contributed by atoms with Crippen molar-refractivity contribution < 1.29 is 9.13 Å². The number of nitrogens with one attached hydrogen (secondary N) is 2. The lowest BCUT2D eigenvalue weighted by Crippen LogP contribution is -2.19. The molecule has 6 heteroatoms. The first kappa shape index (κ1) is 18.9. The zero-order chi connectivity index (χ0) is 20.5. The van der Waals surface area contributed by atoms with Gasteiger partial charge in [-0.2, -0.15) is 0 Å². The van der Waals surface area contributed by atoms with E-state index in [1.807, 2.05) is 97.1 Å². The Kier molecular flexibility index (Phi) is 5.04. The van der Waals surface area contributed by atoms with E-state index in [4.69, 9.17) is 0 Å². The first-order chi connectivity index (χ1) is 14.7. The zero-order valence-electron chi connectivity index (χ0n) is 16.1. The van der Waals surface area contributed by atoms with Crippen LogP contribution in [-0.4, -0.2) is 0 Å². The van der Waals surface area contributed by atoms with Crippen molar-refractivity contribution in [3.63, 3.8) is 0 Å². The second-order valence-corrected chi connectivity index (χ2v) is 10.6. The van der Waals surface area contributed by atoms with Gasteiger partial charge in [-0.05, 0) is 48.5 Å². The lowest BCUT2D eigenvalue weighted by atomic mass is 10.2. The Morgan fingerprint density at radius 3 is 0.900 bits per heavy atom. The zero-order valence-corrected chi connectivity index (χ0v) is 18.1. The third-order valence-corrected chi connectivity index (χ3v) is 8.93. The molecule has 0 spiro atoms. The topological polar surface area (TPSA) is 58.2 Å². The van der Waals surface area contributed by atoms with Gasteiger partial charge in [0.2, 0.25) is 0 Å². The summed E-state index contributed by atoms with van der Waals surface area (Å²) in [6, 6.07) is 30.5. The molecule has 0 aromatic heterocycles. The molecule has 0 fully saturated rings. The van der Waals surface area contributed by atoms with E-state index in [2.05, 4.69) is 10.6 Å². The predicted octanol–water partition coefficient (Wildman–Crippen LogP) is 4.51. The fraction of sp³-hybridized carbons (Fsp3) is 0. The van der Waals surface area contributed by atoms with Crippen LogP contribution in [0.1, 0.15) is 0 Å². The average Bonchev–Trinajstić information content (AvgIpc) is 2.79. The fourth-order valence-corrected chi connectivity index (χ4v) is 6.87. The van der Waals surface area contributed by atoms with Gasteiger partial charge in [0.05, 0.1) is 0 Å². The number of hydrogen-bond acceptors (Lipinski definition) is 4. The van der Waals surface area contributed by atoms with Crippen LogP contribution in [0, 0.1) is 0 Å². The summed E-state index contributed by atoms with van der Waals surface area (Å²) in [7, 11) is -4.59. The average molecular weight is 430 g/mol. The minimum atomic E-state index is -2.29. The van der Waals surface area contributed by atoms with E-state index in [0.29, 0.717) is 0 Å².